The molecule has 0 radical (unpaired) electrons. The second-order valence-corrected chi connectivity index (χ2v) is 6.91. The summed E-state index contributed by atoms with van der Waals surface area (Å²) in [5, 5.41) is 5.13. The molecule has 0 aliphatic rings. The smallest absolute Gasteiger partial charge is 0.130 e. The zero-order valence-corrected chi connectivity index (χ0v) is 14.0. The molecule has 2 nitrogen and oxygen atoms in total. The molecule has 0 unspecified atom stereocenters. The van der Waals surface area contributed by atoms with E-state index < -0.39 is 0 Å². The molecule has 4 heteroatoms. The van der Waals surface area contributed by atoms with Crippen molar-refractivity contribution in [2.24, 2.45) is 0 Å². The fourth-order valence-electron chi connectivity index (χ4n) is 2.08. The van der Waals surface area contributed by atoms with Crippen LogP contribution in [0.15, 0.2) is 22.7 Å². The Morgan fingerprint density at radius 1 is 1.26 bits per heavy atom. The van der Waals surface area contributed by atoms with Gasteiger partial charge in [-0.15, -0.1) is 0 Å². The highest BCUT2D eigenvalue weighted by Gasteiger charge is 2.20. The summed E-state index contributed by atoms with van der Waals surface area (Å²) >= 11 is 9.65. The van der Waals surface area contributed by atoms with Gasteiger partial charge in [-0.3, -0.25) is 0 Å². The van der Waals surface area contributed by atoms with Crippen LogP contribution >= 0.6 is 27.5 Å². The lowest BCUT2D eigenvalue weighted by molar-refractivity contribution is 0.590. The van der Waals surface area contributed by atoms with Crippen molar-refractivity contribution in [3.8, 4) is 0 Å². The number of hydrogen-bond donors (Lipinski definition) is 1. The third kappa shape index (κ3) is 3.03. The minimum absolute atomic E-state index is 0.0352. The standard InChI is InChI=1S/C15H18BrClN2/c1-5-18-14-11(15(2,3)4)7-9-6-10(17)8-12(16)13(9)19-14/h6-8H,5H2,1-4H3,(H,18,19). The van der Waals surface area contributed by atoms with Gasteiger partial charge in [-0.25, -0.2) is 4.98 Å². The van der Waals surface area contributed by atoms with E-state index in [1.807, 2.05) is 12.1 Å². The number of benzene rings is 1. The summed E-state index contributed by atoms with van der Waals surface area (Å²) in [5.41, 5.74) is 2.18. The van der Waals surface area contributed by atoms with Crippen molar-refractivity contribution < 1.29 is 0 Å². The van der Waals surface area contributed by atoms with E-state index in [2.05, 4.69) is 55.0 Å². The molecule has 0 atom stereocenters. The molecule has 19 heavy (non-hydrogen) atoms. The summed E-state index contributed by atoms with van der Waals surface area (Å²) in [4.78, 5) is 4.76. The highest BCUT2D eigenvalue weighted by Crippen LogP contribution is 2.34. The second-order valence-electron chi connectivity index (χ2n) is 5.62. The maximum Gasteiger partial charge on any atom is 0.130 e. The normalized spacial score (nSPS) is 11.9. The van der Waals surface area contributed by atoms with E-state index in [9.17, 15) is 0 Å². The van der Waals surface area contributed by atoms with E-state index in [-0.39, 0.29) is 5.41 Å². The highest BCUT2D eigenvalue weighted by molar-refractivity contribution is 9.10. The molecule has 0 bridgehead atoms. The number of nitrogens with zero attached hydrogens (tertiary/aromatic N) is 1. The predicted molar refractivity (Wildman–Crippen MR) is 87.3 cm³/mol. The molecule has 0 aliphatic heterocycles. The first-order valence-electron chi connectivity index (χ1n) is 6.37. The number of rotatable bonds is 2. The molecular weight excluding hydrogens is 324 g/mol. The van der Waals surface area contributed by atoms with E-state index in [1.54, 1.807) is 0 Å². The fourth-order valence-corrected chi connectivity index (χ4v) is 3.01. The maximum absolute atomic E-state index is 6.12. The molecule has 0 saturated carbocycles. The van der Waals surface area contributed by atoms with Gasteiger partial charge in [-0.1, -0.05) is 32.4 Å². The minimum Gasteiger partial charge on any atom is -0.370 e. The Hall–Kier alpha value is -0.800. The zero-order valence-electron chi connectivity index (χ0n) is 11.6. The third-order valence-corrected chi connectivity index (χ3v) is 3.81. The van der Waals surface area contributed by atoms with Gasteiger partial charge in [0.15, 0.2) is 0 Å². The molecule has 102 valence electrons. The van der Waals surface area contributed by atoms with Gasteiger partial charge in [0.2, 0.25) is 0 Å². The van der Waals surface area contributed by atoms with Crippen LogP contribution < -0.4 is 5.32 Å². The number of anilines is 1. The van der Waals surface area contributed by atoms with Crippen molar-refractivity contribution >= 4 is 44.3 Å². The maximum atomic E-state index is 6.12. The molecule has 0 saturated heterocycles. The molecule has 2 rings (SSSR count). The number of nitrogens with one attached hydrogen (secondary N) is 1. The molecule has 1 aromatic carbocycles. The summed E-state index contributed by atoms with van der Waals surface area (Å²) in [6, 6.07) is 6.01. The molecule has 0 spiro atoms. The molecule has 2 aromatic rings. The first kappa shape index (κ1) is 14.6. The third-order valence-electron chi connectivity index (χ3n) is 2.99. The Kier molecular flexibility index (Phi) is 4.07. The van der Waals surface area contributed by atoms with Gasteiger partial charge in [0.1, 0.15) is 5.82 Å². The van der Waals surface area contributed by atoms with Crippen LogP contribution in [0.25, 0.3) is 10.9 Å². The van der Waals surface area contributed by atoms with Gasteiger partial charge in [-0.2, -0.15) is 0 Å². The van der Waals surface area contributed by atoms with E-state index in [0.717, 1.165) is 32.8 Å². The van der Waals surface area contributed by atoms with E-state index in [1.165, 1.54) is 5.56 Å². The van der Waals surface area contributed by atoms with Crippen LogP contribution in [0.2, 0.25) is 5.02 Å². The fraction of sp³-hybridized carbons (Fsp3) is 0.400. The van der Waals surface area contributed by atoms with Crippen molar-refractivity contribution in [3.05, 3.63) is 33.3 Å². The number of hydrogen-bond acceptors (Lipinski definition) is 2. The van der Waals surface area contributed by atoms with Crippen LogP contribution in [0.3, 0.4) is 0 Å². The van der Waals surface area contributed by atoms with Gasteiger partial charge >= 0.3 is 0 Å². The van der Waals surface area contributed by atoms with Crippen LogP contribution in [0.1, 0.15) is 33.3 Å². The summed E-state index contributed by atoms with van der Waals surface area (Å²) < 4.78 is 0.926. The van der Waals surface area contributed by atoms with Crippen LogP contribution in [-0.4, -0.2) is 11.5 Å². The van der Waals surface area contributed by atoms with Gasteiger partial charge in [0.05, 0.1) is 5.52 Å². The molecular formula is C15H18BrClN2. The largest absolute Gasteiger partial charge is 0.370 e. The SMILES string of the molecule is CCNc1nc2c(Br)cc(Cl)cc2cc1C(C)(C)C. The van der Waals surface area contributed by atoms with Gasteiger partial charge < -0.3 is 5.32 Å². The van der Waals surface area contributed by atoms with Gasteiger partial charge in [0, 0.05) is 27.0 Å². The lowest BCUT2D eigenvalue weighted by Crippen LogP contribution is -2.16. The van der Waals surface area contributed by atoms with E-state index in [0.29, 0.717) is 0 Å². The lowest BCUT2D eigenvalue weighted by atomic mass is 9.86. The first-order chi connectivity index (χ1) is 8.82. The summed E-state index contributed by atoms with van der Waals surface area (Å²) in [7, 11) is 0. The van der Waals surface area contributed by atoms with Crippen molar-refractivity contribution in [2.45, 2.75) is 33.1 Å². The zero-order chi connectivity index (χ0) is 14.2. The molecule has 1 aromatic heterocycles. The first-order valence-corrected chi connectivity index (χ1v) is 7.54. The predicted octanol–water partition coefficient (Wildman–Crippen LogP) is 5.38. The van der Waals surface area contributed by atoms with Crippen LogP contribution in [-0.2, 0) is 5.41 Å². The minimum atomic E-state index is 0.0352. The van der Waals surface area contributed by atoms with Crippen molar-refractivity contribution in [1.29, 1.82) is 0 Å². The highest BCUT2D eigenvalue weighted by atomic mass is 79.9. The Bertz CT molecular complexity index is 618. The molecule has 1 N–H and O–H groups in total. The Labute approximate surface area is 127 Å². The Balaban J connectivity index is 2.76. The van der Waals surface area contributed by atoms with Gasteiger partial charge in [0.25, 0.3) is 0 Å². The number of pyridine rings is 1. The number of fused-ring (bicyclic) bond motifs is 1. The quantitative estimate of drug-likeness (QED) is 0.793. The number of halogens is 2. The average molecular weight is 342 g/mol. The Morgan fingerprint density at radius 3 is 2.53 bits per heavy atom. The summed E-state index contributed by atoms with van der Waals surface area (Å²) in [5.74, 6) is 0.950. The summed E-state index contributed by atoms with van der Waals surface area (Å²) in [6.45, 7) is 9.50. The lowest BCUT2D eigenvalue weighted by Gasteiger charge is -2.23. The number of aromatic nitrogens is 1. The van der Waals surface area contributed by atoms with Crippen molar-refractivity contribution in [3.63, 3.8) is 0 Å². The molecule has 0 aliphatic carbocycles. The monoisotopic (exact) mass is 340 g/mol. The Morgan fingerprint density at radius 2 is 1.95 bits per heavy atom. The van der Waals surface area contributed by atoms with Crippen LogP contribution in [0.4, 0.5) is 5.82 Å². The van der Waals surface area contributed by atoms with Gasteiger partial charge in [-0.05, 0) is 46.5 Å². The second kappa shape index (κ2) is 5.29. The molecule has 0 fully saturated rings. The van der Waals surface area contributed by atoms with Crippen molar-refractivity contribution in [2.75, 3.05) is 11.9 Å². The molecule has 1 heterocycles. The van der Waals surface area contributed by atoms with E-state index >= 15 is 0 Å². The topological polar surface area (TPSA) is 24.9 Å². The van der Waals surface area contributed by atoms with Crippen molar-refractivity contribution in [1.82, 2.24) is 4.98 Å². The van der Waals surface area contributed by atoms with E-state index in [4.69, 9.17) is 16.6 Å². The average Bonchev–Trinajstić information content (AvgIpc) is 2.28. The summed E-state index contributed by atoms with van der Waals surface area (Å²) in [6.07, 6.45) is 0. The molecule has 0 amide bonds. The van der Waals surface area contributed by atoms with Crippen LogP contribution in [0, 0.1) is 0 Å². The van der Waals surface area contributed by atoms with Crippen LogP contribution in [0.5, 0.6) is 0 Å².